The summed E-state index contributed by atoms with van der Waals surface area (Å²) in [5, 5.41) is 3.37. The summed E-state index contributed by atoms with van der Waals surface area (Å²) in [4.78, 5) is 12.5. The van der Waals surface area contributed by atoms with Crippen molar-refractivity contribution in [1.82, 2.24) is 0 Å². The van der Waals surface area contributed by atoms with Crippen LogP contribution in [0.1, 0.15) is 25.8 Å². The van der Waals surface area contributed by atoms with E-state index in [1.165, 1.54) is 12.1 Å². The number of carbonyl (C=O) groups excluding carboxylic acids is 1. The predicted molar refractivity (Wildman–Crippen MR) is 83.5 cm³/mol. The van der Waals surface area contributed by atoms with Crippen LogP contribution in [0, 0.1) is 5.82 Å². The number of nitrogens with one attached hydrogen (secondary N) is 1. The van der Waals surface area contributed by atoms with Gasteiger partial charge in [-0.05, 0) is 44.2 Å². The molecule has 0 saturated heterocycles. The smallest absolute Gasteiger partial charge is 0.195 e. The predicted octanol–water partition coefficient (Wildman–Crippen LogP) is 3.89. The van der Waals surface area contributed by atoms with E-state index in [0.717, 1.165) is 11.3 Å². The second-order valence-corrected chi connectivity index (χ2v) is 5.73. The minimum absolute atomic E-state index is 0.0578. The van der Waals surface area contributed by atoms with Crippen molar-refractivity contribution in [2.45, 2.75) is 31.9 Å². The normalized spacial score (nSPS) is 23.3. The number of ketones is 1. The van der Waals surface area contributed by atoms with Crippen LogP contribution in [0.2, 0.25) is 0 Å². The fourth-order valence-corrected chi connectivity index (χ4v) is 3.02. The Labute approximate surface area is 129 Å². The topological polar surface area (TPSA) is 38.3 Å². The Morgan fingerprint density at radius 2 is 1.91 bits per heavy atom. The van der Waals surface area contributed by atoms with Crippen molar-refractivity contribution in [2.75, 3.05) is 5.32 Å². The van der Waals surface area contributed by atoms with E-state index in [4.69, 9.17) is 4.74 Å². The minimum atomic E-state index is -1.04. The number of carbonyl (C=O) groups is 1. The van der Waals surface area contributed by atoms with Crippen molar-refractivity contribution < 1.29 is 13.9 Å². The molecule has 3 rings (SSSR count). The van der Waals surface area contributed by atoms with E-state index >= 15 is 0 Å². The van der Waals surface area contributed by atoms with Gasteiger partial charge in [0, 0.05) is 23.7 Å². The molecule has 2 aromatic carbocycles. The summed E-state index contributed by atoms with van der Waals surface area (Å²) in [6.07, 6.45) is 0.525. The molecule has 0 amide bonds. The molecule has 3 nitrogen and oxygen atoms in total. The average molecular weight is 299 g/mol. The number of halogens is 1. The van der Waals surface area contributed by atoms with E-state index in [9.17, 15) is 9.18 Å². The first-order chi connectivity index (χ1) is 10.5. The lowest BCUT2D eigenvalue weighted by molar-refractivity contribution is -0.134. The van der Waals surface area contributed by atoms with Crippen LogP contribution >= 0.6 is 0 Å². The molecule has 114 valence electrons. The quantitative estimate of drug-likeness (QED) is 0.934. The van der Waals surface area contributed by atoms with Crippen LogP contribution in [-0.2, 0) is 10.4 Å². The van der Waals surface area contributed by atoms with Gasteiger partial charge in [-0.3, -0.25) is 4.79 Å². The average Bonchev–Trinajstić information content (AvgIpc) is 2.49. The maximum atomic E-state index is 13.1. The summed E-state index contributed by atoms with van der Waals surface area (Å²) in [5.74, 6) is 0.0985. The molecule has 1 aliphatic rings. The molecule has 2 unspecified atom stereocenters. The molecule has 1 N–H and O–H groups in total. The fourth-order valence-electron chi connectivity index (χ4n) is 3.02. The van der Waals surface area contributed by atoms with Gasteiger partial charge in [0.25, 0.3) is 0 Å². The van der Waals surface area contributed by atoms with E-state index < -0.39 is 5.60 Å². The molecule has 0 bridgehead atoms. The third kappa shape index (κ3) is 2.45. The maximum absolute atomic E-state index is 13.1. The second-order valence-electron chi connectivity index (χ2n) is 5.73. The number of ether oxygens (including phenoxy) is 1. The molecule has 22 heavy (non-hydrogen) atoms. The number of benzene rings is 2. The Kier molecular flexibility index (Phi) is 3.61. The first-order valence-electron chi connectivity index (χ1n) is 7.33. The van der Waals surface area contributed by atoms with Crippen molar-refractivity contribution in [1.29, 1.82) is 0 Å². The summed E-state index contributed by atoms with van der Waals surface area (Å²) in [5.41, 5.74) is 0.683. The lowest BCUT2D eigenvalue weighted by Crippen LogP contribution is -2.47. The summed E-state index contributed by atoms with van der Waals surface area (Å²) in [6, 6.07) is 13.5. The molecular formula is C18H18FNO2. The largest absolute Gasteiger partial charge is 0.475 e. The van der Waals surface area contributed by atoms with E-state index in [2.05, 4.69) is 5.32 Å². The van der Waals surface area contributed by atoms with Crippen LogP contribution in [0.5, 0.6) is 5.75 Å². The molecule has 0 aromatic heterocycles. The van der Waals surface area contributed by atoms with Crippen LogP contribution in [0.3, 0.4) is 0 Å². The molecule has 0 aliphatic carbocycles. The highest BCUT2D eigenvalue weighted by molar-refractivity contribution is 5.89. The Morgan fingerprint density at radius 3 is 2.59 bits per heavy atom. The Bertz CT molecular complexity index is 698. The molecule has 1 aliphatic heterocycles. The van der Waals surface area contributed by atoms with Crippen LogP contribution in [0.25, 0.3) is 0 Å². The molecule has 4 heteroatoms. The molecule has 2 atom stereocenters. The van der Waals surface area contributed by atoms with Crippen LogP contribution < -0.4 is 10.1 Å². The maximum Gasteiger partial charge on any atom is 0.195 e. The highest BCUT2D eigenvalue weighted by Crippen LogP contribution is 2.41. The second kappa shape index (κ2) is 5.44. The summed E-state index contributed by atoms with van der Waals surface area (Å²) in [6.45, 7) is 3.56. The fraction of sp³-hybridized carbons (Fsp3) is 0.278. The van der Waals surface area contributed by atoms with Gasteiger partial charge in [-0.1, -0.05) is 18.2 Å². The van der Waals surface area contributed by atoms with E-state index in [0.29, 0.717) is 12.2 Å². The molecule has 2 aromatic rings. The van der Waals surface area contributed by atoms with E-state index in [1.54, 1.807) is 19.1 Å². The third-order valence-electron chi connectivity index (χ3n) is 4.03. The lowest BCUT2D eigenvalue weighted by atomic mass is 9.80. The van der Waals surface area contributed by atoms with Crippen LogP contribution in [0.15, 0.2) is 48.5 Å². The number of Topliss-reactive ketones (excluding diaryl/α,β-unsaturated/α-hetero) is 1. The molecule has 0 saturated carbocycles. The van der Waals surface area contributed by atoms with Gasteiger partial charge in [0.15, 0.2) is 11.4 Å². The summed E-state index contributed by atoms with van der Waals surface area (Å²) < 4.78 is 19.2. The number of rotatable bonds is 3. The van der Waals surface area contributed by atoms with Gasteiger partial charge in [0.1, 0.15) is 11.6 Å². The zero-order chi connectivity index (χ0) is 15.7. The number of para-hydroxylation sites is 1. The first-order valence-corrected chi connectivity index (χ1v) is 7.33. The minimum Gasteiger partial charge on any atom is -0.475 e. The van der Waals surface area contributed by atoms with Crippen molar-refractivity contribution in [3.05, 3.63) is 59.9 Å². The molecular weight excluding hydrogens is 281 g/mol. The van der Waals surface area contributed by atoms with Crippen molar-refractivity contribution in [3.63, 3.8) is 0 Å². The zero-order valence-electron chi connectivity index (χ0n) is 12.6. The van der Waals surface area contributed by atoms with E-state index in [1.807, 2.05) is 31.2 Å². The van der Waals surface area contributed by atoms with Crippen molar-refractivity contribution in [3.8, 4) is 5.75 Å². The molecule has 1 heterocycles. The van der Waals surface area contributed by atoms with Gasteiger partial charge < -0.3 is 10.1 Å². The van der Waals surface area contributed by atoms with Crippen LogP contribution in [0.4, 0.5) is 10.1 Å². The van der Waals surface area contributed by atoms with Crippen LogP contribution in [-0.4, -0.2) is 11.8 Å². The first kappa shape index (κ1) is 14.6. The highest BCUT2D eigenvalue weighted by atomic mass is 19.1. The number of fused-ring (bicyclic) bond motifs is 1. The number of hydrogen-bond acceptors (Lipinski definition) is 3. The van der Waals surface area contributed by atoms with Gasteiger partial charge in [0.05, 0.1) is 0 Å². The Morgan fingerprint density at radius 1 is 1.23 bits per heavy atom. The zero-order valence-corrected chi connectivity index (χ0v) is 12.6. The van der Waals surface area contributed by atoms with Crippen molar-refractivity contribution >= 4 is 11.5 Å². The van der Waals surface area contributed by atoms with E-state index in [-0.39, 0.29) is 17.6 Å². The molecule has 0 radical (unpaired) electrons. The van der Waals surface area contributed by atoms with Gasteiger partial charge >= 0.3 is 0 Å². The lowest BCUT2D eigenvalue weighted by Gasteiger charge is -2.40. The summed E-state index contributed by atoms with van der Waals surface area (Å²) >= 11 is 0. The SMILES string of the molecule is CC(=O)C1(Oc2ccc(F)cc2)CC(C)Nc2ccccc21. The molecule has 0 spiro atoms. The third-order valence-corrected chi connectivity index (χ3v) is 4.03. The summed E-state index contributed by atoms with van der Waals surface area (Å²) in [7, 11) is 0. The van der Waals surface area contributed by atoms with Gasteiger partial charge in [-0.15, -0.1) is 0 Å². The van der Waals surface area contributed by atoms with Crippen molar-refractivity contribution in [2.24, 2.45) is 0 Å². The standard InChI is InChI=1S/C18H18FNO2/c1-12-11-18(13(2)21,16-5-3-4-6-17(16)20-12)22-15-9-7-14(19)8-10-15/h3-10,12,20H,11H2,1-2H3. The van der Waals surface area contributed by atoms with Gasteiger partial charge in [-0.25, -0.2) is 4.39 Å². The van der Waals surface area contributed by atoms with Gasteiger partial charge in [-0.2, -0.15) is 0 Å². The molecule has 0 fully saturated rings. The number of hydrogen-bond donors (Lipinski definition) is 1. The highest BCUT2D eigenvalue weighted by Gasteiger charge is 2.45. The monoisotopic (exact) mass is 299 g/mol. The van der Waals surface area contributed by atoms with Gasteiger partial charge in [0.2, 0.25) is 0 Å². The number of anilines is 1. The Hall–Kier alpha value is -2.36. The Balaban J connectivity index is 2.09.